The van der Waals surface area contributed by atoms with Crippen LogP contribution in [0.3, 0.4) is 0 Å². The first-order chi connectivity index (χ1) is 12.7. The predicted octanol–water partition coefficient (Wildman–Crippen LogP) is 4.54. The fourth-order valence-electron chi connectivity index (χ4n) is 2.46. The van der Waals surface area contributed by atoms with Crippen molar-refractivity contribution in [2.24, 2.45) is 5.10 Å². The lowest BCUT2D eigenvalue weighted by Crippen LogP contribution is -2.20. The molecule has 0 bridgehead atoms. The number of halogens is 1. The number of aromatic hydroxyl groups is 1. The Balaban J connectivity index is 1.97. The molecule has 6 heteroatoms. The number of hydrogen-bond donors (Lipinski definition) is 2. The molecule has 0 aliphatic heterocycles. The lowest BCUT2D eigenvalue weighted by molar-refractivity contribution is -0.120. The predicted molar refractivity (Wildman–Crippen MR) is 112 cm³/mol. The molecule has 0 saturated heterocycles. The summed E-state index contributed by atoms with van der Waals surface area (Å²) in [4.78, 5) is 12.1. The van der Waals surface area contributed by atoms with Gasteiger partial charge in [0, 0.05) is 0 Å². The number of benzene rings is 2. The Bertz CT molecular complexity index is 825. The number of amides is 1. The highest BCUT2D eigenvalue weighted by molar-refractivity contribution is 9.10. The second-order valence-electron chi connectivity index (χ2n) is 7.20. The molecular weight excluding hydrogens is 408 g/mol. The third-order valence-corrected chi connectivity index (χ3v) is 4.54. The molecule has 0 unspecified atom stereocenters. The lowest BCUT2D eigenvalue weighted by atomic mass is 9.86. The zero-order valence-corrected chi connectivity index (χ0v) is 17.6. The van der Waals surface area contributed by atoms with Crippen LogP contribution in [0.25, 0.3) is 0 Å². The maximum atomic E-state index is 12.1. The summed E-state index contributed by atoms with van der Waals surface area (Å²) in [6.07, 6.45) is 1.76. The molecule has 1 amide bonds. The van der Waals surface area contributed by atoms with Gasteiger partial charge in [0.05, 0.1) is 23.7 Å². The second kappa shape index (κ2) is 9.04. The molecule has 2 aromatic carbocycles. The summed E-state index contributed by atoms with van der Waals surface area (Å²) in [6.45, 7) is 8.74. The van der Waals surface area contributed by atoms with Crippen molar-refractivity contribution in [3.05, 3.63) is 57.6 Å². The van der Waals surface area contributed by atoms with Crippen molar-refractivity contribution in [2.75, 3.05) is 6.61 Å². The first kappa shape index (κ1) is 21.0. The van der Waals surface area contributed by atoms with Crippen LogP contribution in [0.2, 0.25) is 0 Å². The lowest BCUT2D eigenvalue weighted by Gasteiger charge is -2.19. The van der Waals surface area contributed by atoms with E-state index in [1.165, 1.54) is 11.8 Å². The first-order valence-corrected chi connectivity index (χ1v) is 9.56. The Morgan fingerprint density at radius 3 is 2.52 bits per heavy atom. The molecule has 0 atom stereocenters. The van der Waals surface area contributed by atoms with Gasteiger partial charge in [0.2, 0.25) is 5.91 Å². The summed E-state index contributed by atoms with van der Waals surface area (Å²) in [5, 5.41) is 13.9. The number of ether oxygens (including phenoxy) is 1. The summed E-state index contributed by atoms with van der Waals surface area (Å²) in [7, 11) is 0. The average Bonchev–Trinajstić information content (AvgIpc) is 2.59. The van der Waals surface area contributed by atoms with Crippen LogP contribution in [0.15, 0.2) is 46.0 Å². The Morgan fingerprint density at radius 1 is 1.26 bits per heavy atom. The van der Waals surface area contributed by atoms with E-state index in [0.717, 1.165) is 5.56 Å². The van der Waals surface area contributed by atoms with Crippen molar-refractivity contribution in [2.45, 2.75) is 39.5 Å². The van der Waals surface area contributed by atoms with Crippen LogP contribution >= 0.6 is 15.9 Å². The third-order valence-electron chi connectivity index (χ3n) is 3.94. The number of phenolic OH excluding ortho intramolecular Hbond substituents is 1. The van der Waals surface area contributed by atoms with Crippen molar-refractivity contribution in [1.29, 1.82) is 0 Å². The van der Waals surface area contributed by atoms with Crippen LogP contribution in [-0.2, 0) is 16.6 Å². The van der Waals surface area contributed by atoms with Gasteiger partial charge in [-0.1, -0.05) is 45.0 Å². The number of carbonyl (C=O) groups is 1. The molecule has 0 spiro atoms. The average molecular weight is 433 g/mol. The number of nitrogens with one attached hydrogen (secondary N) is 1. The van der Waals surface area contributed by atoms with Crippen LogP contribution in [0.4, 0.5) is 0 Å². The van der Waals surface area contributed by atoms with E-state index in [-0.39, 0.29) is 23.5 Å². The summed E-state index contributed by atoms with van der Waals surface area (Å²) in [6, 6.07) is 11.4. The van der Waals surface area contributed by atoms with Gasteiger partial charge in [-0.05, 0) is 57.1 Å². The normalized spacial score (nSPS) is 11.6. The standard InChI is InChI=1S/C21H25BrN2O3/c1-5-27-18-11-15(10-17(22)20(18)26)13-23-24-19(25)12-14-6-8-16(9-7-14)21(2,3)4/h6-11,13,26H,5,12H2,1-4H3,(H,24,25)/b23-13-. The fourth-order valence-corrected chi connectivity index (χ4v) is 2.92. The first-order valence-electron chi connectivity index (χ1n) is 8.77. The van der Waals surface area contributed by atoms with Crippen LogP contribution in [0.5, 0.6) is 11.5 Å². The Morgan fingerprint density at radius 2 is 1.93 bits per heavy atom. The molecule has 0 aromatic heterocycles. The van der Waals surface area contributed by atoms with Gasteiger partial charge in [-0.25, -0.2) is 5.43 Å². The van der Waals surface area contributed by atoms with E-state index in [1.54, 1.807) is 12.1 Å². The molecule has 144 valence electrons. The van der Waals surface area contributed by atoms with Crippen molar-refractivity contribution < 1.29 is 14.6 Å². The molecule has 0 radical (unpaired) electrons. The Kier molecular flexibility index (Phi) is 7.02. The van der Waals surface area contributed by atoms with E-state index in [1.807, 2.05) is 19.1 Å². The van der Waals surface area contributed by atoms with Gasteiger partial charge in [0.1, 0.15) is 0 Å². The maximum Gasteiger partial charge on any atom is 0.244 e. The van der Waals surface area contributed by atoms with E-state index in [9.17, 15) is 9.90 Å². The van der Waals surface area contributed by atoms with E-state index in [4.69, 9.17) is 4.74 Å². The van der Waals surface area contributed by atoms with Crippen LogP contribution < -0.4 is 10.2 Å². The molecule has 2 rings (SSSR count). The summed E-state index contributed by atoms with van der Waals surface area (Å²) in [5.74, 6) is 0.202. The van der Waals surface area contributed by atoms with E-state index < -0.39 is 0 Å². The minimum Gasteiger partial charge on any atom is -0.503 e. The smallest absolute Gasteiger partial charge is 0.244 e. The van der Waals surface area contributed by atoms with E-state index >= 15 is 0 Å². The van der Waals surface area contributed by atoms with Gasteiger partial charge in [-0.3, -0.25) is 4.79 Å². The van der Waals surface area contributed by atoms with Crippen molar-refractivity contribution in [3.8, 4) is 11.5 Å². The molecule has 2 N–H and O–H groups in total. The van der Waals surface area contributed by atoms with Crippen LogP contribution in [0, 0.1) is 0 Å². The molecule has 5 nitrogen and oxygen atoms in total. The number of rotatable bonds is 6. The molecule has 0 aliphatic rings. The number of phenols is 1. The molecule has 0 aliphatic carbocycles. The zero-order chi connectivity index (χ0) is 20.0. The van der Waals surface area contributed by atoms with Crippen molar-refractivity contribution in [1.82, 2.24) is 5.43 Å². The Labute approximate surface area is 168 Å². The highest BCUT2D eigenvalue weighted by Gasteiger charge is 2.13. The molecule has 0 fully saturated rings. The Hall–Kier alpha value is -2.34. The molecule has 0 saturated carbocycles. The molecule has 0 heterocycles. The van der Waals surface area contributed by atoms with Gasteiger partial charge in [-0.15, -0.1) is 0 Å². The SMILES string of the molecule is CCOc1cc(/C=N\NC(=O)Cc2ccc(C(C)(C)C)cc2)cc(Br)c1O. The molecule has 27 heavy (non-hydrogen) atoms. The molecule has 2 aromatic rings. The topological polar surface area (TPSA) is 70.9 Å². The van der Waals surface area contributed by atoms with Gasteiger partial charge in [0.25, 0.3) is 0 Å². The summed E-state index contributed by atoms with van der Waals surface area (Å²) >= 11 is 3.27. The van der Waals surface area contributed by atoms with Crippen molar-refractivity contribution >= 4 is 28.1 Å². The summed E-state index contributed by atoms with van der Waals surface area (Å²) < 4.78 is 5.87. The van der Waals surface area contributed by atoms with Gasteiger partial charge in [0.15, 0.2) is 11.5 Å². The highest BCUT2D eigenvalue weighted by Crippen LogP contribution is 2.35. The number of hydrogen-bond acceptors (Lipinski definition) is 4. The largest absolute Gasteiger partial charge is 0.503 e. The van der Waals surface area contributed by atoms with Gasteiger partial charge in [-0.2, -0.15) is 5.10 Å². The quantitative estimate of drug-likeness (QED) is 0.519. The number of nitrogens with zero attached hydrogens (tertiary/aromatic N) is 1. The minimum absolute atomic E-state index is 0.0386. The van der Waals surface area contributed by atoms with Crippen molar-refractivity contribution in [3.63, 3.8) is 0 Å². The maximum absolute atomic E-state index is 12.1. The monoisotopic (exact) mass is 432 g/mol. The summed E-state index contributed by atoms with van der Waals surface area (Å²) in [5.41, 5.74) is 5.46. The number of carbonyl (C=O) groups excluding carboxylic acids is 1. The third kappa shape index (κ3) is 6.10. The van der Waals surface area contributed by atoms with Gasteiger partial charge < -0.3 is 9.84 Å². The van der Waals surface area contributed by atoms with Crippen LogP contribution in [0.1, 0.15) is 44.4 Å². The highest BCUT2D eigenvalue weighted by atomic mass is 79.9. The van der Waals surface area contributed by atoms with Crippen LogP contribution in [-0.4, -0.2) is 23.8 Å². The van der Waals surface area contributed by atoms with E-state index in [0.29, 0.717) is 22.4 Å². The van der Waals surface area contributed by atoms with E-state index in [2.05, 4.69) is 59.4 Å². The second-order valence-corrected chi connectivity index (χ2v) is 8.05. The zero-order valence-electron chi connectivity index (χ0n) is 16.0. The van der Waals surface area contributed by atoms with Gasteiger partial charge >= 0.3 is 0 Å². The minimum atomic E-state index is -0.197. The molecular formula is C21H25BrN2O3. The number of hydrazone groups is 1. The fraction of sp³-hybridized carbons (Fsp3) is 0.333.